The fourth-order valence-corrected chi connectivity index (χ4v) is 1.72. The molecule has 2 aromatic rings. The molecule has 1 aromatic carbocycles. The smallest absolute Gasteiger partial charge is 0.354 e. The van der Waals surface area contributed by atoms with Gasteiger partial charge >= 0.3 is 5.97 Å². The van der Waals surface area contributed by atoms with Crippen molar-refractivity contribution in [2.75, 3.05) is 0 Å². The summed E-state index contributed by atoms with van der Waals surface area (Å²) in [5.74, 6) is -1.42. The molecule has 1 N–H and O–H groups in total. The monoisotopic (exact) mass is 248 g/mol. The molecule has 1 aromatic heterocycles. The minimum atomic E-state index is -1.06. The lowest BCUT2D eigenvalue weighted by Gasteiger charge is -2.05. The number of nitrogens with zero attached hydrogens (tertiary/aromatic N) is 2. The molecule has 1 heterocycles. The Bertz CT molecular complexity index is 578. The molecule has 0 radical (unpaired) electrons. The van der Waals surface area contributed by atoms with Gasteiger partial charge in [0.15, 0.2) is 0 Å². The van der Waals surface area contributed by atoms with Gasteiger partial charge in [-0.1, -0.05) is 25.1 Å². The number of halogens is 1. The highest BCUT2D eigenvalue weighted by Gasteiger charge is 2.14. The quantitative estimate of drug-likeness (QED) is 0.903. The predicted molar refractivity (Wildman–Crippen MR) is 64.1 cm³/mol. The van der Waals surface area contributed by atoms with E-state index in [0.29, 0.717) is 17.7 Å². The van der Waals surface area contributed by atoms with Crippen LogP contribution in [0, 0.1) is 5.82 Å². The number of hydrogen-bond acceptors (Lipinski definition) is 2. The zero-order chi connectivity index (χ0) is 13.1. The number of benzene rings is 1. The Morgan fingerprint density at radius 3 is 2.78 bits per heavy atom. The number of aromatic carboxylic acids is 1. The Balaban J connectivity index is 2.36. The van der Waals surface area contributed by atoms with Crippen LogP contribution in [0.25, 0.3) is 0 Å². The van der Waals surface area contributed by atoms with Gasteiger partial charge in [-0.2, -0.15) is 5.10 Å². The molecular formula is C13H13FN2O2. The maximum atomic E-state index is 13.5. The molecule has 18 heavy (non-hydrogen) atoms. The van der Waals surface area contributed by atoms with E-state index >= 15 is 0 Å². The summed E-state index contributed by atoms with van der Waals surface area (Å²) in [7, 11) is 0. The van der Waals surface area contributed by atoms with Crippen LogP contribution in [0.4, 0.5) is 4.39 Å². The van der Waals surface area contributed by atoms with E-state index in [4.69, 9.17) is 5.11 Å². The van der Waals surface area contributed by atoms with Crippen molar-refractivity contribution in [3.63, 3.8) is 0 Å². The van der Waals surface area contributed by atoms with Crippen molar-refractivity contribution in [3.05, 3.63) is 53.1 Å². The van der Waals surface area contributed by atoms with E-state index in [2.05, 4.69) is 5.10 Å². The first-order valence-corrected chi connectivity index (χ1v) is 5.65. The van der Waals surface area contributed by atoms with Crippen molar-refractivity contribution >= 4 is 5.97 Å². The number of rotatable bonds is 4. The number of carboxylic acids is 1. The van der Waals surface area contributed by atoms with Gasteiger partial charge in [0.25, 0.3) is 0 Å². The van der Waals surface area contributed by atoms with Crippen LogP contribution in [0.2, 0.25) is 0 Å². The Kier molecular flexibility index (Phi) is 3.41. The highest BCUT2D eigenvalue weighted by molar-refractivity contribution is 5.85. The second-order valence-corrected chi connectivity index (χ2v) is 3.93. The van der Waals surface area contributed by atoms with Crippen molar-refractivity contribution < 1.29 is 14.3 Å². The molecule has 2 rings (SSSR count). The lowest BCUT2D eigenvalue weighted by Crippen LogP contribution is -2.11. The molecule has 0 bridgehead atoms. The summed E-state index contributed by atoms with van der Waals surface area (Å²) in [6.07, 6.45) is 0.643. The zero-order valence-electron chi connectivity index (χ0n) is 9.93. The highest BCUT2D eigenvalue weighted by Crippen LogP contribution is 2.12. The van der Waals surface area contributed by atoms with E-state index in [1.165, 1.54) is 16.8 Å². The number of aromatic nitrogens is 2. The van der Waals surface area contributed by atoms with E-state index in [1.807, 2.05) is 6.92 Å². The van der Waals surface area contributed by atoms with Crippen molar-refractivity contribution in [2.45, 2.75) is 19.9 Å². The standard InChI is InChI=1S/C13H13FN2O2/c1-2-10-7-12(13(17)18)16(15-10)8-9-5-3-4-6-11(9)14/h3-7H,2,8H2,1H3,(H,17,18). The normalized spacial score (nSPS) is 10.6. The Morgan fingerprint density at radius 2 is 2.17 bits per heavy atom. The van der Waals surface area contributed by atoms with Crippen molar-refractivity contribution in [2.24, 2.45) is 0 Å². The summed E-state index contributed by atoms with van der Waals surface area (Å²) >= 11 is 0. The minimum absolute atomic E-state index is 0.0788. The average molecular weight is 248 g/mol. The maximum absolute atomic E-state index is 13.5. The van der Waals surface area contributed by atoms with Crippen LogP contribution < -0.4 is 0 Å². The molecule has 0 saturated heterocycles. The molecule has 94 valence electrons. The van der Waals surface area contributed by atoms with Gasteiger partial charge in [0, 0.05) is 5.56 Å². The number of hydrogen-bond donors (Lipinski definition) is 1. The van der Waals surface area contributed by atoms with Gasteiger partial charge in [0.05, 0.1) is 12.2 Å². The van der Waals surface area contributed by atoms with Gasteiger partial charge in [-0.25, -0.2) is 9.18 Å². The van der Waals surface area contributed by atoms with Crippen LogP contribution in [0.15, 0.2) is 30.3 Å². The Hall–Kier alpha value is -2.17. The molecule has 0 aliphatic carbocycles. The first kappa shape index (κ1) is 12.3. The van der Waals surface area contributed by atoms with E-state index in [1.54, 1.807) is 18.2 Å². The van der Waals surface area contributed by atoms with Gasteiger partial charge in [-0.15, -0.1) is 0 Å². The fraction of sp³-hybridized carbons (Fsp3) is 0.231. The summed E-state index contributed by atoms with van der Waals surface area (Å²) in [5.41, 5.74) is 1.18. The van der Waals surface area contributed by atoms with E-state index < -0.39 is 5.97 Å². The van der Waals surface area contributed by atoms with Crippen LogP contribution >= 0.6 is 0 Å². The SMILES string of the molecule is CCc1cc(C(=O)O)n(Cc2ccccc2F)n1. The summed E-state index contributed by atoms with van der Waals surface area (Å²) < 4.78 is 14.8. The van der Waals surface area contributed by atoms with Crippen molar-refractivity contribution in [1.29, 1.82) is 0 Å². The van der Waals surface area contributed by atoms with Gasteiger partial charge < -0.3 is 5.11 Å². The van der Waals surface area contributed by atoms with Crippen LogP contribution in [-0.2, 0) is 13.0 Å². The lowest BCUT2D eigenvalue weighted by atomic mass is 10.2. The third-order valence-electron chi connectivity index (χ3n) is 2.69. The average Bonchev–Trinajstić information content (AvgIpc) is 2.75. The van der Waals surface area contributed by atoms with E-state index in [9.17, 15) is 9.18 Å². The van der Waals surface area contributed by atoms with Crippen LogP contribution in [0.1, 0.15) is 28.7 Å². The number of aryl methyl sites for hydroxylation is 1. The number of carboxylic acid groups (broad SMARTS) is 1. The van der Waals surface area contributed by atoms with Crippen molar-refractivity contribution in [1.82, 2.24) is 9.78 Å². The maximum Gasteiger partial charge on any atom is 0.354 e. The van der Waals surface area contributed by atoms with Gasteiger partial charge in [-0.3, -0.25) is 4.68 Å². The highest BCUT2D eigenvalue weighted by atomic mass is 19.1. The zero-order valence-corrected chi connectivity index (χ0v) is 9.93. The van der Waals surface area contributed by atoms with E-state index in [0.717, 1.165) is 0 Å². The van der Waals surface area contributed by atoms with Crippen molar-refractivity contribution in [3.8, 4) is 0 Å². The number of carbonyl (C=O) groups is 1. The molecular weight excluding hydrogens is 235 g/mol. The second-order valence-electron chi connectivity index (χ2n) is 3.93. The molecule has 0 amide bonds. The molecule has 0 saturated carbocycles. The van der Waals surface area contributed by atoms with Crippen LogP contribution in [0.5, 0.6) is 0 Å². The fourth-order valence-electron chi connectivity index (χ4n) is 1.72. The molecule has 0 fully saturated rings. The largest absolute Gasteiger partial charge is 0.477 e. The molecule has 0 spiro atoms. The van der Waals surface area contributed by atoms with Crippen LogP contribution in [0.3, 0.4) is 0 Å². The van der Waals surface area contributed by atoms with E-state index in [-0.39, 0.29) is 18.1 Å². The third kappa shape index (κ3) is 2.40. The summed E-state index contributed by atoms with van der Waals surface area (Å²) in [4.78, 5) is 11.1. The van der Waals surface area contributed by atoms with Gasteiger partial charge in [0.1, 0.15) is 11.5 Å². The topological polar surface area (TPSA) is 55.1 Å². The van der Waals surface area contributed by atoms with Crippen LogP contribution in [-0.4, -0.2) is 20.9 Å². The molecule has 0 unspecified atom stereocenters. The first-order chi connectivity index (χ1) is 8.61. The Morgan fingerprint density at radius 1 is 1.44 bits per heavy atom. The molecule has 5 heteroatoms. The Labute approximate surface area is 104 Å². The molecule has 0 atom stereocenters. The molecule has 0 aliphatic heterocycles. The third-order valence-corrected chi connectivity index (χ3v) is 2.69. The predicted octanol–water partition coefficient (Wildman–Crippen LogP) is 2.33. The van der Waals surface area contributed by atoms with Gasteiger partial charge in [0.2, 0.25) is 0 Å². The minimum Gasteiger partial charge on any atom is -0.477 e. The van der Waals surface area contributed by atoms with Gasteiger partial charge in [-0.05, 0) is 18.6 Å². The first-order valence-electron chi connectivity index (χ1n) is 5.65. The second kappa shape index (κ2) is 5.00. The molecule has 4 nitrogen and oxygen atoms in total. The lowest BCUT2D eigenvalue weighted by molar-refractivity contribution is 0.0684. The molecule has 0 aliphatic rings. The summed E-state index contributed by atoms with van der Waals surface area (Å²) in [6.45, 7) is 2.01. The summed E-state index contributed by atoms with van der Waals surface area (Å²) in [5, 5.41) is 13.2. The summed E-state index contributed by atoms with van der Waals surface area (Å²) in [6, 6.07) is 7.79.